The largest absolute Gasteiger partial charge is 0.357 e. The van der Waals surface area contributed by atoms with Gasteiger partial charge >= 0.3 is 0 Å². The minimum Gasteiger partial charge on any atom is -0.357 e. The van der Waals surface area contributed by atoms with Crippen molar-refractivity contribution in [2.24, 2.45) is 4.99 Å². The summed E-state index contributed by atoms with van der Waals surface area (Å²) < 4.78 is 0. The number of nitrogens with zero attached hydrogens (tertiary/aromatic N) is 3. The lowest BCUT2D eigenvalue weighted by atomic mass is 10.3. The number of allylic oxidation sites excluding steroid dienone is 4. The van der Waals surface area contributed by atoms with Gasteiger partial charge in [-0.1, -0.05) is 24.8 Å². The molecule has 0 atom stereocenters. The minimum absolute atomic E-state index is 0.904. The van der Waals surface area contributed by atoms with Gasteiger partial charge in [0.15, 0.2) is 0 Å². The van der Waals surface area contributed by atoms with Gasteiger partial charge in [-0.05, 0) is 26.0 Å². The van der Waals surface area contributed by atoms with Crippen molar-refractivity contribution in [1.82, 2.24) is 9.80 Å². The van der Waals surface area contributed by atoms with Crippen molar-refractivity contribution in [2.45, 2.75) is 13.8 Å². The number of amidine groups is 1. The predicted octanol–water partition coefficient (Wildman–Crippen LogP) is 2.77. The summed E-state index contributed by atoms with van der Waals surface area (Å²) in [4.78, 5) is 8.79. The Kier molecular flexibility index (Phi) is 5.27. The van der Waals surface area contributed by atoms with E-state index in [2.05, 4.69) is 53.6 Å². The molecule has 0 saturated heterocycles. The third-order valence-corrected chi connectivity index (χ3v) is 2.62. The Morgan fingerprint density at radius 1 is 1.65 bits per heavy atom. The van der Waals surface area contributed by atoms with Gasteiger partial charge in [0, 0.05) is 26.3 Å². The highest BCUT2D eigenvalue weighted by Crippen LogP contribution is 2.13. The first-order valence-corrected chi connectivity index (χ1v) is 5.88. The molecule has 1 aliphatic rings. The van der Waals surface area contributed by atoms with Gasteiger partial charge in [0.1, 0.15) is 11.7 Å². The second kappa shape index (κ2) is 6.74. The maximum absolute atomic E-state index is 4.39. The van der Waals surface area contributed by atoms with Crippen LogP contribution in [0.15, 0.2) is 54.0 Å². The Bertz CT molecular complexity index is 375. The van der Waals surface area contributed by atoms with E-state index < -0.39 is 0 Å². The van der Waals surface area contributed by atoms with Gasteiger partial charge in [-0.15, -0.1) is 0 Å². The van der Waals surface area contributed by atoms with E-state index in [1.165, 1.54) is 5.82 Å². The summed E-state index contributed by atoms with van der Waals surface area (Å²) in [6.45, 7) is 9.62. The molecule has 17 heavy (non-hydrogen) atoms. The zero-order valence-corrected chi connectivity index (χ0v) is 10.9. The van der Waals surface area contributed by atoms with Gasteiger partial charge in [-0.2, -0.15) is 0 Å². The van der Waals surface area contributed by atoms with Crippen LogP contribution in [-0.2, 0) is 0 Å². The fourth-order valence-corrected chi connectivity index (χ4v) is 1.73. The van der Waals surface area contributed by atoms with E-state index in [1.807, 2.05) is 13.0 Å². The third kappa shape index (κ3) is 3.63. The topological polar surface area (TPSA) is 18.8 Å². The molecule has 3 heteroatoms. The molecule has 0 aromatic heterocycles. The molecule has 0 aromatic rings. The monoisotopic (exact) mass is 231 g/mol. The minimum atomic E-state index is 0.904. The van der Waals surface area contributed by atoms with Crippen molar-refractivity contribution in [3.05, 3.63) is 49.0 Å². The van der Waals surface area contributed by atoms with E-state index in [1.54, 1.807) is 12.3 Å². The van der Waals surface area contributed by atoms with Crippen LogP contribution in [0.25, 0.3) is 0 Å². The summed E-state index contributed by atoms with van der Waals surface area (Å²) in [6.07, 6.45) is 11.7. The zero-order chi connectivity index (χ0) is 12.7. The van der Waals surface area contributed by atoms with E-state index in [4.69, 9.17) is 0 Å². The molecule has 0 radical (unpaired) electrons. The molecule has 0 amide bonds. The molecular formula is C14H21N3. The summed E-state index contributed by atoms with van der Waals surface area (Å²) in [6, 6.07) is 0. The highest BCUT2D eigenvalue weighted by molar-refractivity contribution is 5.82. The SMILES string of the molecule is C=C/C=C\N=C(C)N(CC)C1=CC=CCN1C. The Hall–Kier alpha value is -1.77. The molecule has 1 heterocycles. The number of hydrogen-bond donors (Lipinski definition) is 0. The molecular weight excluding hydrogens is 210 g/mol. The summed E-state index contributed by atoms with van der Waals surface area (Å²) >= 11 is 0. The number of aliphatic imine (C=N–C) groups is 1. The van der Waals surface area contributed by atoms with Gasteiger partial charge in [-0.3, -0.25) is 0 Å². The lowest BCUT2D eigenvalue weighted by Gasteiger charge is -2.33. The second-order valence-electron chi connectivity index (χ2n) is 3.83. The summed E-state index contributed by atoms with van der Waals surface area (Å²) in [5, 5.41) is 0. The highest BCUT2D eigenvalue weighted by atomic mass is 15.3. The van der Waals surface area contributed by atoms with Gasteiger partial charge in [0.05, 0.1) is 0 Å². The van der Waals surface area contributed by atoms with Crippen LogP contribution in [0.2, 0.25) is 0 Å². The smallest absolute Gasteiger partial charge is 0.109 e. The molecule has 0 fully saturated rings. The lowest BCUT2D eigenvalue weighted by Crippen LogP contribution is -2.37. The molecule has 92 valence electrons. The van der Waals surface area contributed by atoms with Crippen molar-refractivity contribution < 1.29 is 0 Å². The highest BCUT2D eigenvalue weighted by Gasteiger charge is 2.14. The van der Waals surface area contributed by atoms with Gasteiger partial charge in [-0.25, -0.2) is 4.99 Å². The average molecular weight is 231 g/mol. The molecule has 0 saturated carbocycles. The van der Waals surface area contributed by atoms with Crippen molar-refractivity contribution in [2.75, 3.05) is 20.1 Å². The first kappa shape index (κ1) is 13.3. The van der Waals surface area contributed by atoms with Crippen LogP contribution < -0.4 is 0 Å². The van der Waals surface area contributed by atoms with Gasteiger partial charge < -0.3 is 9.80 Å². The molecule has 0 bridgehead atoms. The molecule has 0 aliphatic carbocycles. The summed E-state index contributed by atoms with van der Waals surface area (Å²) in [5.41, 5.74) is 0. The fraction of sp³-hybridized carbons (Fsp3) is 0.357. The van der Waals surface area contributed by atoms with E-state index in [-0.39, 0.29) is 0 Å². The van der Waals surface area contributed by atoms with E-state index in [0.29, 0.717) is 0 Å². The first-order valence-electron chi connectivity index (χ1n) is 5.88. The lowest BCUT2D eigenvalue weighted by molar-refractivity contribution is 0.334. The molecule has 0 spiro atoms. The summed E-state index contributed by atoms with van der Waals surface area (Å²) in [5.74, 6) is 2.17. The number of rotatable bonds is 4. The van der Waals surface area contributed by atoms with Crippen molar-refractivity contribution in [1.29, 1.82) is 0 Å². The molecule has 1 rings (SSSR count). The maximum atomic E-state index is 4.39. The number of likely N-dealkylation sites (N-methyl/N-ethyl adjacent to an activating group) is 1. The van der Waals surface area contributed by atoms with Crippen LogP contribution >= 0.6 is 0 Å². The number of hydrogen-bond acceptors (Lipinski definition) is 2. The van der Waals surface area contributed by atoms with E-state index in [9.17, 15) is 0 Å². The average Bonchev–Trinajstić information content (AvgIpc) is 2.33. The summed E-state index contributed by atoms with van der Waals surface area (Å²) in [7, 11) is 2.09. The molecule has 1 aliphatic heterocycles. The fourth-order valence-electron chi connectivity index (χ4n) is 1.73. The molecule has 0 unspecified atom stereocenters. The zero-order valence-electron chi connectivity index (χ0n) is 10.9. The Morgan fingerprint density at radius 3 is 3.00 bits per heavy atom. The van der Waals surface area contributed by atoms with Crippen molar-refractivity contribution >= 4 is 5.84 Å². The van der Waals surface area contributed by atoms with Crippen LogP contribution in [0, 0.1) is 0 Å². The molecule has 0 aromatic carbocycles. The van der Waals surface area contributed by atoms with Gasteiger partial charge in [0.25, 0.3) is 0 Å². The normalized spacial score (nSPS) is 16.3. The van der Waals surface area contributed by atoms with Crippen LogP contribution in [-0.4, -0.2) is 35.8 Å². The maximum Gasteiger partial charge on any atom is 0.109 e. The molecule has 3 nitrogen and oxygen atoms in total. The Morgan fingerprint density at radius 2 is 2.41 bits per heavy atom. The molecule has 0 N–H and O–H groups in total. The van der Waals surface area contributed by atoms with Crippen LogP contribution in [0.4, 0.5) is 0 Å². The third-order valence-electron chi connectivity index (χ3n) is 2.62. The van der Waals surface area contributed by atoms with Gasteiger partial charge in [0.2, 0.25) is 0 Å². The Labute approximate surface area is 104 Å². The van der Waals surface area contributed by atoms with Crippen LogP contribution in [0.1, 0.15) is 13.8 Å². The van der Waals surface area contributed by atoms with Crippen molar-refractivity contribution in [3.63, 3.8) is 0 Å². The van der Waals surface area contributed by atoms with Crippen molar-refractivity contribution in [3.8, 4) is 0 Å². The Balaban J connectivity index is 2.87. The second-order valence-corrected chi connectivity index (χ2v) is 3.83. The van der Waals surface area contributed by atoms with E-state index in [0.717, 1.165) is 18.9 Å². The first-order chi connectivity index (χ1) is 8.20. The quantitative estimate of drug-likeness (QED) is 0.421. The standard InChI is InChI=1S/C14H21N3/c1-5-7-11-15-13(3)17(6-2)14-10-8-9-12-16(14)4/h5,7-11H,1,6,12H2,2-4H3/b11-7-,15-13?. The van der Waals surface area contributed by atoms with Crippen LogP contribution in [0.3, 0.4) is 0 Å². The van der Waals surface area contributed by atoms with E-state index >= 15 is 0 Å². The van der Waals surface area contributed by atoms with Crippen LogP contribution in [0.5, 0.6) is 0 Å². The predicted molar refractivity (Wildman–Crippen MR) is 74.7 cm³/mol.